The molecular weight excluding hydrogens is 274 g/mol. The molecule has 2 aromatic rings. The van der Waals surface area contributed by atoms with E-state index in [-0.39, 0.29) is 0 Å². The van der Waals surface area contributed by atoms with E-state index in [1.807, 2.05) is 37.4 Å². The van der Waals surface area contributed by atoms with Crippen molar-refractivity contribution in [3.63, 3.8) is 0 Å². The van der Waals surface area contributed by atoms with Gasteiger partial charge in [0.1, 0.15) is 5.75 Å². The van der Waals surface area contributed by atoms with Gasteiger partial charge in [-0.2, -0.15) is 0 Å². The Morgan fingerprint density at radius 2 is 2.13 bits per heavy atom. The largest absolute Gasteiger partial charge is 0.430 e. The van der Waals surface area contributed by atoms with Crippen molar-refractivity contribution in [3.05, 3.63) is 39.3 Å². The summed E-state index contributed by atoms with van der Waals surface area (Å²) in [5, 5.41) is 2.65. The first-order valence-corrected chi connectivity index (χ1v) is 6.18. The van der Waals surface area contributed by atoms with Crippen molar-refractivity contribution in [1.82, 2.24) is 4.98 Å². The van der Waals surface area contributed by atoms with Crippen LogP contribution in [0.5, 0.6) is 10.9 Å². The summed E-state index contributed by atoms with van der Waals surface area (Å²) in [6.07, 6.45) is 0. The molecule has 0 fully saturated rings. The van der Waals surface area contributed by atoms with E-state index in [1.165, 1.54) is 16.9 Å². The third kappa shape index (κ3) is 2.58. The second kappa shape index (κ2) is 4.33. The molecule has 0 saturated heterocycles. The van der Waals surface area contributed by atoms with Crippen LogP contribution in [0, 0.1) is 13.8 Å². The van der Waals surface area contributed by atoms with Crippen LogP contribution in [0.4, 0.5) is 0 Å². The second-order valence-electron chi connectivity index (χ2n) is 3.29. The molecule has 0 atom stereocenters. The SMILES string of the molecule is Cc1ccc(Oc2nc(C)cs2)c(Br)c1. The minimum absolute atomic E-state index is 0.678. The fourth-order valence-electron chi connectivity index (χ4n) is 1.16. The van der Waals surface area contributed by atoms with E-state index in [1.54, 1.807) is 0 Å². The molecule has 0 aliphatic carbocycles. The molecule has 4 heteroatoms. The third-order valence-electron chi connectivity index (χ3n) is 1.88. The van der Waals surface area contributed by atoms with Crippen molar-refractivity contribution in [2.75, 3.05) is 0 Å². The summed E-state index contributed by atoms with van der Waals surface area (Å²) in [6.45, 7) is 4.00. The van der Waals surface area contributed by atoms with E-state index in [0.717, 1.165) is 15.9 Å². The molecule has 1 heterocycles. The van der Waals surface area contributed by atoms with Gasteiger partial charge in [0.2, 0.25) is 0 Å². The summed E-state index contributed by atoms with van der Waals surface area (Å²) in [7, 11) is 0. The number of thiazole rings is 1. The van der Waals surface area contributed by atoms with Gasteiger partial charge in [-0.3, -0.25) is 0 Å². The minimum Gasteiger partial charge on any atom is -0.430 e. The zero-order valence-corrected chi connectivity index (χ0v) is 10.9. The predicted molar refractivity (Wildman–Crippen MR) is 65.8 cm³/mol. The van der Waals surface area contributed by atoms with Crippen LogP contribution in [0.3, 0.4) is 0 Å². The number of benzene rings is 1. The van der Waals surface area contributed by atoms with Crippen molar-refractivity contribution in [1.29, 1.82) is 0 Å². The Balaban J connectivity index is 2.24. The first-order valence-electron chi connectivity index (χ1n) is 4.51. The van der Waals surface area contributed by atoms with Gasteiger partial charge >= 0.3 is 0 Å². The Morgan fingerprint density at radius 3 is 2.73 bits per heavy atom. The Labute approximate surface area is 101 Å². The molecule has 2 nitrogen and oxygen atoms in total. The lowest BCUT2D eigenvalue weighted by Crippen LogP contribution is -1.85. The number of hydrogen-bond acceptors (Lipinski definition) is 3. The zero-order chi connectivity index (χ0) is 10.8. The highest BCUT2D eigenvalue weighted by Crippen LogP contribution is 2.31. The summed E-state index contributed by atoms with van der Waals surface area (Å²) >= 11 is 4.97. The van der Waals surface area contributed by atoms with Gasteiger partial charge in [-0.25, -0.2) is 4.98 Å². The van der Waals surface area contributed by atoms with Gasteiger partial charge in [-0.15, -0.1) is 0 Å². The first kappa shape index (κ1) is 10.6. The van der Waals surface area contributed by atoms with Gasteiger partial charge in [0.05, 0.1) is 10.2 Å². The number of rotatable bonds is 2. The first-order chi connectivity index (χ1) is 7.15. The van der Waals surface area contributed by atoms with Gasteiger partial charge in [0.25, 0.3) is 5.19 Å². The molecule has 0 amide bonds. The summed E-state index contributed by atoms with van der Waals surface area (Å²) in [5.74, 6) is 0.801. The lowest BCUT2D eigenvalue weighted by atomic mass is 10.2. The number of hydrogen-bond donors (Lipinski definition) is 0. The highest BCUT2D eigenvalue weighted by atomic mass is 79.9. The summed E-state index contributed by atoms with van der Waals surface area (Å²) < 4.78 is 6.60. The van der Waals surface area contributed by atoms with Crippen LogP contribution in [-0.4, -0.2) is 4.98 Å². The number of aromatic nitrogens is 1. The van der Waals surface area contributed by atoms with Crippen LogP contribution in [-0.2, 0) is 0 Å². The molecular formula is C11H10BrNOS. The lowest BCUT2D eigenvalue weighted by molar-refractivity contribution is 0.475. The number of halogens is 1. The lowest BCUT2D eigenvalue weighted by Gasteiger charge is -2.04. The topological polar surface area (TPSA) is 22.1 Å². The van der Waals surface area contributed by atoms with Crippen molar-refractivity contribution in [2.45, 2.75) is 13.8 Å². The highest BCUT2D eigenvalue weighted by Gasteiger charge is 2.05. The monoisotopic (exact) mass is 283 g/mol. The normalized spacial score (nSPS) is 10.3. The predicted octanol–water partition coefficient (Wildman–Crippen LogP) is 4.31. The molecule has 1 aromatic carbocycles. The van der Waals surface area contributed by atoms with Crippen molar-refractivity contribution < 1.29 is 4.74 Å². The number of nitrogens with zero attached hydrogens (tertiary/aromatic N) is 1. The van der Waals surface area contributed by atoms with Crippen molar-refractivity contribution in [2.24, 2.45) is 0 Å². The Morgan fingerprint density at radius 1 is 1.33 bits per heavy atom. The fraction of sp³-hybridized carbons (Fsp3) is 0.182. The Bertz CT molecular complexity index is 481. The van der Waals surface area contributed by atoms with Gasteiger partial charge < -0.3 is 4.74 Å². The minimum atomic E-state index is 0.678. The summed E-state index contributed by atoms with van der Waals surface area (Å²) in [5.41, 5.74) is 2.18. The van der Waals surface area contributed by atoms with Gasteiger partial charge in [0, 0.05) is 5.38 Å². The van der Waals surface area contributed by atoms with E-state index in [4.69, 9.17) is 4.74 Å². The van der Waals surface area contributed by atoms with Crippen LogP contribution in [0.1, 0.15) is 11.3 Å². The molecule has 0 radical (unpaired) electrons. The van der Waals surface area contributed by atoms with Gasteiger partial charge in [0.15, 0.2) is 0 Å². The Kier molecular flexibility index (Phi) is 3.07. The van der Waals surface area contributed by atoms with Gasteiger partial charge in [-0.05, 0) is 47.5 Å². The summed E-state index contributed by atoms with van der Waals surface area (Å²) in [4.78, 5) is 4.24. The van der Waals surface area contributed by atoms with E-state index >= 15 is 0 Å². The molecule has 2 rings (SSSR count). The maximum Gasteiger partial charge on any atom is 0.278 e. The quantitative estimate of drug-likeness (QED) is 0.819. The molecule has 0 aliphatic heterocycles. The van der Waals surface area contributed by atoms with E-state index in [2.05, 4.69) is 20.9 Å². The number of ether oxygens (including phenoxy) is 1. The van der Waals surface area contributed by atoms with E-state index < -0.39 is 0 Å². The smallest absolute Gasteiger partial charge is 0.278 e. The maximum atomic E-state index is 5.65. The third-order valence-corrected chi connectivity index (χ3v) is 3.34. The summed E-state index contributed by atoms with van der Waals surface area (Å²) in [6, 6.07) is 5.98. The maximum absolute atomic E-state index is 5.65. The molecule has 0 aliphatic rings. The van der Waals surface area contributed by atoms with Crippen LogP contribution < -0.4 is 4.74 Å². The molecule has 0 bridgehead atoms. The Hall–Kier alpha value is -0.870. The molecule has 0 unspecified atom stereocenters. The average Bonchev–Trinajstić information content (AvgIpc) is 2.56. The van der Waals surface area contributed by atoms with Crippen LogP contribution in [0.25, 0.3) is 0 Å². The van der Waals surface area contributed by atoms with E-state index in [9.17, 15) is 0 Å². The molecule has 0 N–H and O–H groups in total. The molecule has 1 aromatic heterocycles. The molecule has 15 heavy (non-hydrogen) atoms. The second-order valence-corrected chi connectivity index (χ2v) is 4.97. The van der Waals surface area contributed by atoms with Gasteiger partial charge in [-0.1, -0.05) is 17.4 Å². The van der Waals surface area contributed by atoms with Crippen LogP contribution in [0.15, 0.2) is 28.1 Å². The molecule has 0 spiro atoms. The fourth-order valence-corrected chi connectivity index (χ4v) is 2.39. The number of aryl methyl sites for hydroxylation is 2. The average molecular weight is 284 g/mol. The molecule has 78 valence electrons. The van der Waals surface area contributed by atoms with Crippen molar-refractivity contribution in [3.8, 4) is 10.9 Å². The highest BCUT2D eigenvalue weighted by molar-refractivity contribution is 9.10. The van der Waals surface area contributed by atoms with Crippen molar-refractivity contribution >= 4 is 27.3 Å². The van der Waals surface area contributed by atoms with Crippen LogP contribution in [0.2, 0.25) is 0 Å². The van der Waals surface area contributed by atoms with Crippen LogP contribution >= 0.6 is 27.3 Å². The standard InChI is InChI=1S/C11H10BrNOS/c1-7-3-4-10(9(12)5-7)14-11-13-8(2)6-15-11/h3-6H,1-2H3. The zero-order valence-electron chi connectivity index (χ0n) is 8.45. The van der Waals surface area contributed by atoms with E-state index in [0.29, 0.717) is 5.19 Å². The molecule has 0 saturated carbocycles.